The molecule has 0 aromatic heterocycles. The molecule has 0 aliphatic carbocycles. The van der Waals surface area contributed by atoms with E-state index >= 15 is 0 Å². The van der Waals surface area contributed by atoms with E-state index in [0.29, 0.717) is 16.1 Å². The minimum Gasteiger partial charge on any atom is -0.474 e. The molecule has 1 aromatic rings. The Morgan fingerprint density at radius 2 is 2.36 bits per heavy atom. The molecule has 0 amide bonds. The van der Waals surface area contributed by atoms with Crippen molar-refractivity contribution in [2.24, 2.45) is 0 Å². The van der Waals surface area contributed by atoms with E-state index in [1.807, 2.05) is 18.2 Å². The number of halogens is 2. The molecule has 0 aliphatic heterocycles. The van der Waals surface area contributed by atoms with Gasteiger partial charge in [-0.05, 0) is 13.0 Å². The van der Waals surface area contributed by atoms with Gasteiger partial charge in [0.15, 0.2) is 6.10 Å². The zero-order chi connectivity index (χ0) is 10.6. The maximum Gasteiger partial charge on any atom is 0.181 e. The van der Waals surface area contributed by atoms with E-state index in [2.05, 4.69) is 15.9 Å². The Morgan fingerprint density at radius 1 is 1.64 bits per heavy atom. The lowest BCUT2D eigenvalue weighted by atomic mass is 10.2. The van der Waals surface area contributed by atoms with Gasteiger partial charge in [0, 0.05) is 10.9 Å². The van der Waals surface area contributed by atoms with E-state index in [9.17, 15) is 0 Å². The number of nitriles is 1. The summed E-state index contributed by atoms with van der Waals surface area (Å²) in [5.74, 6) is 0.583. The molecule has 0 saturated heterocycles. The second-order valence-electron chi connectivity index (χ2n) is 2.75. The molecule has 0 radical (unpaired) electrons. The Balaban J connectivity index is 3.00. The fourth-order valence-electron chi connectivity index (χ4n) is 0.994. The third kappa shape index (κ3) is 2.63. The first-order valence-corrected chi connectivity index (χ1v) is 5.58. The standard InChI is InChI=1S/C10H9BrClNO/c1-7(6-13)14-10-8(5-11)3-2-4-9(10)12/h2-4,7H,5H2,1H3. The van der Waals surface area contributed by atoms with Crippen molar-refractivity contribution >= 4 is 27.5 Å². The van der Waals surface area contributed by atoms with Gasteiger partial charge in [-0.25, -0.2) is 0 Å². The Bertz CT molecular complexity index is 362. The van der Waals surface area contributed by atoms with Crippen molar-refractivity contribution in [3.8, 4) is 11.8 Å². The van der Waals surface area contributed by atoms with E-state index < -0.39 is 6.10 Å². The smallest absolute Gasteiger partial charge is 0.181 e. The third-order valence-corrected chi connectivity index (χ3v) is 2.57. The van der Waals surface area contributed by atoms with Crippen LogP contribution in [0.15, 0.2) is 18.2 Å². The zero-order valence-electron chi connectivity index (χ0n) is 7.63. The van der Waals surface area contributed by atoms with Crippen LogP contribution in [-0.4, -0.2) is 6.10 Å². The van der Waals surface area contributed by atoms with Crippen LogP contribution in [0.5, 0.6) is 5.75 Å². The first kappa shape index (κ1) is 11.4. The summed E-state index contributed by atoms with van der Waals surface area (Å²) < 4.78 is 5.39. The number of hydrogen-bond acceptors (Lipinski definition) is 2. The van der Waals surface area contributed by atoms with Crippen molar-refractivity contribution in [2.75, 3.05) is 0 Å². The molecule has 0 fully saturated rings. The molecule has 0 saturated carbocycles. The SMILES string of the molecule is CC(C#N)Oc1c(Cl)cccc1CBr. The van der Waals surface area contributed by atoms with E-state index in [-0.39, 0.29) is 0 Å². The summed E-state index contributed by atoms with van der Waals surface area (Å²) in [7, 11) is 0. The van der Waals surface area contributed by atoms with E-state index in [0.717, 1.165) is 5.56 Å². The van der Waals surface area contributed by atoms with Crippen LogP contribution in [0.4, 0.5) is 0 Å². The van der Waals surface area contributed by atoms with Crippen LogP contribution in [0.2, 0.25) is 5.02 Å². The number of ether oxygens (including phenoxy) is 1. The van der Waals surface area contributed by atoms with Gasteiger partial charge in [-0.2, -0.15) is 5.26 Å². The van der Waals surface area contributed by atoms with Gasteiger partial charge in [0.05, 0.1) is 5.02 Å². The number of benzene rings is 1. The molecule has 0 spiro atoms. The average Bonchev–Trinajstić information content (AvgIpc) is 2.20. The first-order valence-electron chi connectivity index (χ1n) is 4.08. The van der Waals surface area contributed by atoms with Crippen molar-refractivity contribution in [2.45, 2.75) is 18.4 Å². The number of alkyl halides is 1. The van der Waals surface area contributed by atoms with Gasteiger partial charge in [-0.15, -0.1) is 0 Å². The van der Waals surface area contributed by atoms with Crippen LogP contribution in [0.3, 0.4) is 0 Å². The quantitative estimate of drug-likeness (QED) is 0.790. The van der Waals surface area contributed by atoms with Crippen molar-refractivity contribution in [1.29, 1.82) is 5.26 Å². The molecular weight excluding hydrogens is 265 g/mol. The second-order valence-corrected chi connectivity index (χ2v) is 3.72. The summed E-state index contributed by atoms with van der Waals surface area (Å²) in [4.78, 5) is 0. The van der Waals surface area contributed by atoms with Crippen LogP contribution in [-0.2, 0) is 5.33 Å². The van der Waals surface area contributed by atoms with Crippen LogP contribution in [0.25, 0.3) is 0 Å². The van der Waals surface area contributed by atoms with E-state index in [1.54, 1.807) is 13.0 Å². The monoisotopic (exact) mass is 273 g/mol. The maximum atomic E-state index is 8.62. The van der Waals surface area contributed by atoms with Gasteiger partial charge in [0.25, 0.3) is 0 Å². The van der Waals surface area contributed by atoms with Crippen molar-refractivity contribution < 1.29 is 4.74 Å². The Hall–Kier alpha value is -0.720. The molecule has 1 unspecified atom stereocenters. The number of rotatable bonds is 3. The normalized spacial score (nSPS) is 11.9. The molecule has 74 valence electrons. The molecular formula is C10H9BrClNO. The topological polar surface area (TPSA) is 33.0 Å². The summed E-state index contributed by atoms with van der Waals surface area (Å²) in [6.07, 6.45) is -0.493. The summed E-state index contributed by atoms with van der Waals surface area (Å²) in [5, 5.41) is 9.81. The first-order chi connectivity index (χ1) is 6.69. The Labute approximate surface area is 96.6 Å². The van der Waals surface area contributed by atoms with Gasteiger partial charge in [0.1, 0.15) is 11.8 Å². The highest BCUT2D eigenvalue weighted by atomic mass is 79.9. The van der Waals surface area contributed by atoms with Crippen LogP contribution in [0, 0.1) is 11.3 Å². The van der Waals surface area contributed by atoms with Gasteiger partial charge in [-0.3, -0.25) is 0 Å². The van der Waals surface area contributed by atoms with Crippen molar-refractivity contribution in [3.05, 3.63) is 28.8 Å². The summed E-state index contributed by atoms with van der Waals surface area (Å²) in [6.45, 7) is 1.68. The lowest BCUT2D eigenvalue weighted by molar-refractivity contribution is 0.274. The van der Waals surface area contributed by atoms with E-state index in [1.165, 1.54) is 0 Å². The average molecular weight is 275 g/mol. The Kier molecular flexibility index (Phi) is 4.24. The highest BCUT2D eigenvalue weighted by Gasteiger charge is 2.10. The number of para-hydroxylation sites is 1. The molecule has 1 rings (SSSR count). The second kappa shape index (κ2) is 5.23. The third-order valence-electron chi connectivity index (χ3n) is 1.67. The lowest BCUT2D eigenvalue weighted by Gasteiger charge is -2.12. The fraction of sp³-hybridized carbons (Fsp3) is 0.300. The molecule has 1 atom stereocenters. The fourth-order valence-corrected chi connectivity index (χ4v) is 1.67. The number of hydrogen-bond donors (Lipinski definition) is 0. The van der Waals surface area contributed by atoms with Crippen molar-refractivity contribution in [1.82, 2.24) is 0 Å². The van der Waals surface area contributed by atoms with Crippen molar-refractivity contribution in [3.63, 3.8) is 0 Å². The largest absolute Gasteiger partial charge is 0.474 e. The lowest BCUT2D eigenvalue weighted by Crippen LogP contribution is -2.09. The highest BCUT2D eigenvalue weighted by molar-refractivity contribution is 9.08. The Morgan fingerprint density at radius 3 is 2.93 bits per heavy atom. The number of nitrogens with zero attached hydrogens (tertiary/aromatic N) is 1. The summed E-state index contributed by atoms with van der Waals surface area (Å²) in [5.41, 5.74) is 0.944. The molecule has 4 heteroatoms. The van der Waals surface area contributed by atoms with Crippen LogP contribution in [0.1, 0.15) is 12.5 Å². The molecule has 0 bridgehead atoms. The minimum absolute atomic E-state index is 0.493. The maximum absolute atomic E-state index is 8.62. The molecule has 14 heavy (non-hydrogen) atoms. The summed E-state index contributed by atoms with van der Waals surface area (Å²) in [6, 6.07) is 7.49. The molecule has 0 heterocycles. The van der Waals surface area contributed by atoms with Gasteiger partial charge in [-0.1, -0.05) is 39.7 Å². The van der Waals surface area contributed by atoms with Crippen LogP contribution >= 0.6 is 27.5 Å². The predicted octanol–water partition coefficient (Wildman–Crippen LogP) is 3.53. The molecule has 2 nitrogen and oxygen atoms in total. The molecule has 0 N–H and O–H groups in total. The predicted molar refractivity (Wildman–Crippen MR) is 59.8 cm³/mol. The zero-order valence-corrected chi connectivity index (χ0v) is 9.97. The molecule has 1 aromatic carbocycles. The van der Waals surface area contributed by atoms with E-state index in [4.69, 9.17) is 21.6 Å². The highest BCUT2D eigenvalue weighted by Crippen LogP contribution is 2.30. The van der Waals surface area contributed by atoms with Gasteiger partial charge >= 0.3 is 0 Å². The molecule has 0 aliphatic rings. The summed E-state index contributed by atoms with van der Waals surface area (Å²) >= 11 is 9.29. The van der Waals surface area contributed by atoms with Crippen LogP contribution < -0.4 is 4.74 Å². The van der Waals surface area contributed by atoms with Gasteiger partial charge in [0.2, 0.25) is 0 Å². The minimum atomic E-state index is -0.493. The van der Waals surface area contributed by atoms with Gasteiger partial charge < -0.3 is 4.74 Å².